The number of hydrogen-bond donors (Lipinski definition) is 0. The number of rotatable bonds is 1. The summed E-state index contributed by atoms with van der Waals surface area (Å²) in [6.07, 6.45) is 0. The van der Waals surface area contributed by atoms with Gasteiger partial charge in [0.15, 0.2) is 11.2 Å². The van der Waals surface area contributed by atoms with Crippen LogP contribution in [-0.4, -0.2) is 5.97 Å². The van der Waals surface area contributed by atoms with E-state index in [1.54, 1.807) is 24.3 Å². The minimum atomic E-state index is -1.51. The molecule has 1 aliphatic rings. The van der Waals surface area contributed by atoms with Gasteiger partial charge in [0.2, 0.25) is 0 Å². The molecule has 2 aromatic rings. The summed E-state index contributed by atoms with van der Waals surface area (Å²) in [5.74, 6) is -1.19. The SMILES string of the molecule is O=C([O-])c1cc(=O)c2c(o1)-c1ccccc1OC2.[K+]. The van der Waals surface area contributed by atoms with Crippen LogP contribution in [0.3, 0.4) is 0 Å². The summed E-state index contributed by atoms with van der Waals surface area (Å²) < 4.78 is 10.6. The minimum absolute atomic E-state index is 0. The maximum Gasteiger partial charge on any atom is 1.00 e. The van der Waals surface area contributed by atoms with Crippen LogP contribution in [0.2, 0.25) is 0 Å². The molecule has 90 valence electrons. The summed E-state index contributed by atoms with van der Waals surface area (Å²) in [7, 11) is 0. The molecule has 1 aromatic carbocycles. The van der Waals surface area contributed by atoms with Crippen molar-refractivity contribution in [1.29, 1.82) is 0 Å². The number of carboxylic acids is 1. The molecule has 6 heteroatoms. The monoisotopic (exact) mass is 282 g/mol. The van der Waals surface area contributed by atoms with Crippen molar-refractivity contribution in [3.63, 3.8) is 0 Å². The third kappa shape index (κ3) is 2.54. The van der Waals surface area contributed by atoms with Crippen molar-refractivity contribution in [2.45, 2.75) is 6.61 Å². The Morgan fingerprint density at radius 2 is 2.00 bits per heavy atom. The van der Waals surface area contributed by atoms with Gasteiger partial charge in [-0.15, -0.1) is 0 Å². The van der Waals surface area contributed by atoms with Crippen LogP contribution < -0.4 is 66.7 Å². The van der Waals surface area contributed by atoms with E-state index in [9.17, 15) is 14.7 Å². The fourth-order valence-electron chi connectivity index (χ4n) is 1.90. The molecule has 0 fully saturated rings. The number of hydrogen-bond acceptors (Lipinski definition) is 5. The molecule has 0 amide bonds. The van der Waals surface area contributed by atoms with Gasteiger partial charge in [-0.2, -0.15) is 0 Å². The summed E-state index contributed by atoms with van der Waals surface area (Å²) in [6, 6.07) is 7.87. The zero-order chi connectivity index (χ0) is 12.7. The van der Waals surface area contributed by atoms with Gasteiger partial charge in [0, 0.05) is 6.07 Å². The van der Waals surface area contributed by atoms with Crippen molar-refractivity contribution >= 4 is 5.97 Å². The van der Waals surface area contributed by atoms with Crippen molar-refractivity contribution in [3.8, 4) is 17.1 Å². The van der Waals surface area contributed by atoms with Gasteiger partial charge in [0.25, 0.3) is 0 Å². The zero-order valence-corrected chi connectivity index (χ0v) is 13.3. The molecule has 0 radical (unpaired) electrons. The number of ether oxygens (including phenoxy) is 1. The Balaban J connectivity index is 0.00000133. The van der Waals surface area contributed by atoms with E-state index in [4.69, 9.17) is 9.15 Å². The topological polar surface area (TPSA) is 79.6 Å². The smallest absolute Gasteiger partial charge is 0.542 e. The first-order valence-corrected chi connectivity index (χ1v) is 5.27. The second-order valence-electron chi connectivity index (χ2n) is 3.85. The van der Waals surface area contributed by atoms with Gasteiger partial charge in [-0.3, -0.25) is 4.79 Å². The molecule has 5 nitrogen and oxygen atoms in total. The van der Waals surface area contributed by atoms with E-state index >= 15 is 0 Å². The van der Waals surface area contributed by atoms with E-state index in [0.717, 1.165) is 6.07 Å². The Labute approximate surface area is 150 Å². The van der Waals surface area contributed by atoms with Gasteiger partial charge in [0.05, 0.1) is 11.1 Å². The first-order valence-electron chi connectivity index (χ1n) is 5.27. The van der Waals surface area contributed by atoms with Crippen LogP contribution in [0.15, 0.2) is 39.5 Å². The molecule has 0 atom stereocenters. The summed E-state index contributed by atoms with van der Waals surface area (Å²) in [4.78, 5) is 22.5. The molecule has 0 N–H and O–H groups in total. The molecule has 2 heterocycles. The number of para-hydroxylation sites is 1. The first kappa shape index (κ1) is 14.5. The number of benzene rings is 1. The maximum atomic E-state index is 11.8. The standard InChI is InChI=1S/C13H8O5.K/c14-9-5-11(13(15)16)18-12-7-3-1-2-4-10(7)17-6-8(9)12;/h1-5H,6H2,(H,15,16);/q;+1/p-1. The van der Waals surface area contributed by atoms with Gasteiger partial charge in [0.1, 0.15) is 24.1 Å². The van der Waals surface area contributed by atoms with E-state index in [1.165, 1.54) is 0 Å². The van der Waals surface area contributed by atoms with Crippen molar-refractivity contribution in [1.82, 2.24) is 0 Å². The molecular formula is C13H7KO5. The van der Waals surface area contributed by atoms with Gasteiger partial charge in [-0.25, -0.2) is 0 Å². The van der Waals surface area contributed by atoms with Crippen molar-refractivity contribution in [2.24, 2.45) is 0 Å². The van der Waals surface area contributed by atoms with Crippen LogP contribution in [-0.2, 0) is 6.61 Å². The quantitative estimate of drug-likeness (QED) is 0.543. The van der Waals surface area contributed by atoms with Crippen LogP contribution in [0.4, 0.5) is 0 Å². The first-order chi connectivity index (χ1) is 8.66. The minimum Gasteiger partial charge on any atom is -0.542 e. The van der Waals surface area contributed by atoms with E-state index in [1.807, 2.05) is 0 Å². The fourth-order valence-corrected chi connectivity index (χ4v) is 1.90. The Morgan fingerprint density at radius 3 is 2.74 bits per heavy atom. The Bertz CT molecular complexity index is 704. The van der Waals surface area contributed by atoms with Gasteiger partial charge >= 0.3 is 51.4 Å². The van der Waals surface area contributed by atoms with Crippen molar-refractivity contribution in [2.75, 3.05) is 0 Å². The van der Waals surface area contributed by atoms with Crippen LogP contribution >= 0.6 is 0 Å². The number of carboxylic acid groups (broad SMARTS) is 1. The summed E-state index contributed by atoms with van der Waals surface area (Å²) in [5, 5.41) is 10.8. The van der Waals surface area contributed by atoms with Gasteiger partial charge in [-0.05, 0) is 12.1 Å². The number of fused-ring (bicyclic) bond motifs is 3. The molecular weight excluding hydrogens is 275 g/mol. The Morgan fingerprint density at radius 1 is 1.26 bits per heavy atom. The molecule has 0 saturated heterocycles. The van der Waals surface area contributed by atoms with Crippen LogP contribution in [0, 0.1) is 0 Å². The third-order valence-electron chi connectivity index (χ3n) is 2.75. The van der Waals surface area contributed by atoms with Gasteiger partial charge < -0.3 is 19.1 Å². The molecule has 0 unspecified atom stereocenters. The normalized spacial score (nSPS) is 11.6. The zero-order valence-electron chi connectivity index (χ0n) is 10.1. The predicted molar refractivity (Wildman–Crippen MR) is 59.1 cm³/mol. The fraction of sp³-hybridized carbons (Fsp3) is 0.0769. The van der Waals surface area contributed by atoms with Gasteiger partial charge in [-0.1, -0.05) is 12.1 Å². The Hall–Kier alpha value is -0.924. The van der Waals surface area contributed by atoms with Crippen LogP contribution in [0.5, 0.6) is 5.75 Å². The number of aromatic carboxylic acids is 1. The number of carbonyl (C=O) groups is 1. The van der Waals surface area contributed by atoms with E-state index < -0.39 is 17.2 Å². The second-order valence-corrected chi connectivity index (χ2v) is 3.85. The van der Waals surface area contributed by atoms with Crippen molar-refractivity contribution < 1.29 is 70.4 Å². The van der Waals surface area contributed by atoms with Crippen LogP contribution in [0.25, 0.3) is 11.3 Å². The molecule has 1 aliphatic heterocycles. The summed E-state index contributed by atoms with van der Waals surface area (Å²) in [6.45, 7) is 0.0714. The molecule has 0 aliphatic carbocycles. The molecule has 1 aromatic heterocycles. The van der Waals surface area contributed by atoms with E-state index in [2.05, 4.69) is 0 Å². The maximum absolute atomic E-state index is 11.8. The number of carbonyl (C=O) groups excluding carboxylic acids is 1. The van der Waals surface area contributed by atoms with Crippen molar-refractivity contribution in [3.05, 3.63) is 51.9 Å². The summed E-state index contributed by atoms with van der Waals surface area (Å²) in [5.41, 5.74) is 0.461. The predicted octanol–water partition coefficient (Wildman–Crippen LogP) is -2.43. The molecule has 19 heavy (non-hydrogen) atoms. The van der Waals surface area contributed by atoms with Crippen LogP contribution in [0.1, 0.15) is 16.1 Å². The van der Waals surface area contributed by atoms with E-state index in [0.29, 0.717) is 16.9 Å². The summed E-state index contributed by atoms with van der Waals surface area (Å²) >= 11 is 0. The average Bonchev–Trinajstić information content (AvgIpc) is 2.38. The average molecular weight is 282 g/mol. The molecule has 0 bridgehead atoms. The molecule has 0 saturated carbocycles. The third-order valence-corrected chi connectivity index (χ3v) is 2.75. The molecule has 0 spiro atoms. The second kappa shape index (κ2) is 5.60. The largest absolute Gasteiger partial charge is 1.00 e. The molecule has 3 rings (SSSR count). The Kier molecular flexibility index (Phi) is 4.27. The van der Waals surface area contributed by atoms with E-state index in [-0.39, 0.29) is 63.8 Å².